The molecule has 0 fully saturated rings. The molecule has 132 valence electrons. The van der Waals surface area contributed by atoms with E-state index in [0.717, 1.165) is 6.07 Å². The van der Waals surface area contributed by atoms with Crippen LogP contribution in [0.3, 0.4) is 0 Å². The maximum atomic E-state index is 12.1. The van der Waals surface area contributed by atoms with Gasteiger partial charge in [0.05, 0.1) is 29.9 Å². The fourth-order valence-corrected chi connectivity index (χ4v) is 2.40. The number of methoxy groups -OCH3 is 2. The fourth-order valence-electron chi connectivity index (χ4n) is 1.97. The molecule has 2 amide bonds. The number of amides is 2. The molecule has 8 nitrogen and oxygen atoms in total. The number of rotatable bonds is 5. The number of hydrogen-bond donors (Lipinski definition) is 2. The molecule has 0 saturated heterocycles. The van der Waals surface area contributed by atoms with E-state index in [0.29, 0.717) is 17.2 Å². The summed E-state index contributed by atoms with van der Waals surface area (Å²) in [6.07, 6.45) is 0. The third kappa shape index (κ3) is 4.43. The van der Waals surface area contributed by atoms with E-state index >= 15 is 0 Å². The molecule has 0 aliphatic heterocycles. The van der Waals surface area contributed by atoms with Crippen molar-refractivity contribution in [2.24, 2.45) is 0 Å². The standard InChI is InChI=1S/C15H13Cl2N3O5/c1-24-13-7-14(25-2)11(6-10(13)17)19-15(21)18-8-3-4-9(16)12(5-8)20(22)23/h3-7H,1-2H3,(H2,18,19,21). The summed E-state index contributed by atoms with van der Waals surface area (Å²) in [5.74, 6) is 0.719. The molecule has 25 heavy (non-hydrogen) atoms. The largest absolute Gasteiger partial charge is 0.495 e. The van der Waals surface area contributed by atoms with Crippen LogP contribution in [0, 0.1) is 10.1 Å². The molecule has 0 unspecified atom stereocenters. The third-order valence-electron chi connectivity index (χ3n) is 3.12. The number of nitro groups is 1. The highest BCUT2D eigenvalue weighted by Gasteiger charge is 2.16. The Morgan fingerprint density at radius 3 is 2.32 bits per heavy atom. The highest BCUT2D eigenvalue weighted by atomic mass is 35.5. The van der Waals surface area contributed by atoms with Gasteiger partial charge in [0.2, 0.25) is 0 Å². The maximum Gasteiger partial charge on any atom is 0.323 e. The van der Waals surface area contributed by atoms with Gasteiger partial charge in [-0.25, -0.2) is 4.79 Å². The molecule has 0 spiro atoms. The molecule has 0 aliphatic rings. The van der Waals surface area contributed by atoms with Crippen molar-refractivity contribution in [1.82, 2.24) is 0 Å². The number of nitrogens with zero attached hydrogens (tertiary/aromatic N) is 1. The molecule has 0 atom stereocenters. The van der Waals surface area contributed by atoms with E-state index in [-0.39, 0.29) is 21.4 Å². The second kappa shape index (κ2) is 7.91. The van der Waals surface area contributed by atoms with Gasteiger partial charge in [0.1, 0.15) is 16.5 Å². The highest BCUT2D eigenvalue weighted by molar-refractivity contribution is 6.33. The Morgan fingerprint density at radius 2 is 1.72 bits per heavy atom. The fraction of sp³-hybridized carbons (Fsp3) is 0.133. The number of benzene rings is 2. The zero-order valence-corrected chi connectivity index (χ0v) is 14.6. The van der Waals surface area contributed by atoms with E-state index in [2.05, 4.69) is 10.6 Å². The van der Waals surface area contributed by atoms with Gasteiger partial charge in [-0.3, -0.25) is 10.1 Å². The van der Waals surface area contributed by atoms with Crippen molar-refractivity contribution in [3.8, 4) is 11.5 Å². The topological polar surface area (TPSA) is 103 Å². The minimum Gasteiger partial charge on any atom is -0.495 e. The van der Waals surface area contributed by atoms with Gasteiger partial charge in [-0.2, -0.15) is 0 Å². The van der Waals surface area contributed by atoms with Crippen LogP contribution >= 0.6 is 23.2 Å². The minimum absolute atomic E-state index is 0.0282. The monoisotopic (exact) mass is 385 g/mol. The zero-order valence-electron chi connectivity index (χ0n) is 13.1. The van der Waals surface area contributed by atoms with Crippen LogP contribution in [0.2, 0.25) is 10.0 Å². The van der Waals surface area contributed by atoms with Crippen molar-refractivity contribution < 1.29 is 19.2 Å². The van der Waals surface area contributed by atoms with E-state index in [1.807, 2.05) is 0 Å². The molecule has 0 aromatic heterocycles. The first-order valence-electron chi connectivity index (χ1n) is 6.79. The number of ether oxygens (including phenoxy) is 2. The van der Waals surface area contributed by atoms with Gasteiger partial charge in [-0.1, -0.05) is 23.2 Å². The first kappa shape index (κ1) is 18.6. The second-order valence-corrected chi connectivity index (χ2v) is 5.50. The maximum absolute atomic E-state index is 12.1. The van der Waals surface area contributed by atoms with Crippen LogP contribution in [-0.2, 0) is 0 Å². The normalized spacial score (nSPS) is 10.1. The third-order valence-corrected chi connectivity index (χ3v) is 3.74. The lowest BCUT2D eigenvalue weighted by Gasteiger charge is -2.13. The second-order valence-electron chi connectivity index (χ2n) is 4.69. The van der Waals surface area contributed by atoms with Crippen LogP contribution in [0.1, 0.15) is 0 Å². The van der Waals surface area contributed by atoms with Crippen molar-refractivity contribution >= 4 is 46.3 Å². The number of carbonyl (C=O) groups excluding carboxylic acids is 1. The van der Waals surface area contributed by atoms with Gasteiger partial charge in [-0.05, 0) is 18.2 Å². The van der Waals surface area contributed by atoms with Gasteiger partial charge in [0.15, 0.2) is 0 Å². The summed E-state index contributed by atoms with van der Waals surface area (Å²) >= 11 is 11.8. The molecule has 0 heterocycles. The van der Waals surface area contributed by atoms with Crippen molar-refractivity contribution in [3.05, 3.63) is 50.5 Å². The van der Waals surface area contributed by atoms with Crippen LogP contribution < -0.4 is 20.1 Å². The molecule has 2 N–H and O–H groups in total. The van der Waals surface area contributed by atoms with Crippen LogP contribution in [0.25, 0.3) is 0 Å². The lowest BCUT2D eigenvalue weighted by Crippen LogP contribution is -2.20. The van der Waals surface area contributed by atoms with Gasteiger partial charge in [0.25, 0.3) is 5.69 Å². The van der Waals surface area contributed by atoms with Crippen LogP contribution in [0.5, 0.6) is 11.5 Å². The predicted molar refractivity (Wildman–Crippen MR) is 95.3 cm³/mol. The summed E-state index contributed by atoms with van der Waals surface area (Å²) in [6, 6.07) is 6.25. The Morgan fingerprint density at radius 1 is 1.04 bits per heavy atom. The lowest BCUT2D eigenvalue weighted by molar-refractivity contribution is -0.384. The van der Waals surface area contributed by atoms with Gasteiger partial charge in [-0.15, -0.1) is 0 Å². The SMILES string of the molecule is COc1cc(OC)c(NC(=O)Nc2ccc(Cl)c([N+](=O)[O-])c2)cc1Cl. The summed E-state index contributed by atoms with van der Waals surface area (Å²) < 4.78 is 10.2. The molecule has 0 saturated carbocycles. The van der Waals surface area contributed by atoms with E-state index in [1.54, 1.807) is 0 Å². The van der Waals surface area contributed by atoms with Crippen molar-refractivity contribution in [1.29, 1.82) is 0 Å². The number of urea groups is 1. The number of nitro benzene ring substituents is 1. The summed E-state index contributed by atoms with van der Waals surface area (Å²) in [5, 5.41) is 16.1. The van der Waals surface area contributed by atoms with Crippen LogP contribution in [0.4, 0.5) is 21.9 Å². The first-order chi connectivity index (χ1) is 11.8. The van der Waals surface area contributed by atoms with Crippen molar-refractivity contribution in [2.75, 3.05) is 24.9 Å². The highest BCUT2D eigenvalue weighted by Crippen LogP contribution is 2.36. The molecule has 2 aromatic carbocycles. The van der Waals surface area contributed by atoms with Crippen LogP contribution in [0.15, 0.2) is 30.3 Å². The molecule has 2 rings (SSSR count). The van der Waals surface area contributed by atoms with Gasteiger partial charge in [0, 0.05) is 17.8 Å². The predicted octanol–water partition coefficient (Wildman–Crippen LogP) is 4.56. The van der Waals surface area contributed by atoms with E-state index in [9.17, 15) is 14.9 Å². The number of halogens is 2. The molecule has 10 heteroatoms. The Kier molecular flexibility index (Phi) is 5.89. The number of nitrogens with one attached hydrogen (secondary N) is 2. The molecule has 0 radical (unpaired) electrons. The minimum atomic E-state index is -0.642. The molecule has 2 aromatic rings. The van der Waals surface area contributed by atoms with Gasteiger partial charge >= 0.3 is 6.03 Å². The number of anilines is 2. The summed E-state index contributed by atoms with van der Waals surface area (Å²) in [4.78, 5) is 22.4. The summed E-state index contributed by atoms with van der Waals surface area (Å²) in [7, 11) is 2.88. The lowest BCUT2D eigenvalue weighted by atomic mass is 10.2. The summed E-state index contributed by atoms with van der Waals surface area (Å²) in [5.41, 5.74) is 0.186. The van der Waals surface area contributed by atoms with E-state index in [1.165, 1.54) is 38.5 Å². The molecule has 0 bridgehead atoms. The number of carbonyl (C=O) groups is 1. The van der Waals surface area contributed by atoms with Crippen LogP contribution in [-0.4, -0.2) is 25.2 Å². The average Bonchev–Trinajstić information content (AvgIpc) is 2.56. The summed E-state index contributed by atoms with van der Waals surface area (Å²) in [6.45, 7) is 0. The van der Waals surface area contributed by atoms with E-state index in [4.69, 9.17) is 32.7 Å². The quantitative estimate of drug-likeness (QED) is 0.579. The Labute approximate surface area is 152 Å². The van der Waals surface area contributed by atoms with E-state index < -0.39 is 11.0 Å². The molecular formula is C15H13Cl2N3O5. The smallest absolute Gasteiger partial charge is 0.323 e. The molecular weight excluding hydrogens is 373 g/mol. The molecule has 0 aliphatic carbocycles. The average molecular weight is 386 g/mol. The Hall–Kier alpha value is -2.71. The van der Waals surface area contributed by atoms with Crippen molar-refractivity contribution in [3.63, 3.8) is 0 Å². The number of hydrogen-bond acceptors (Lipinski definition) is 5. The van der Waals surface area contributed by atoms with Gasteiger partial charge < -0.3 is 20.1 Å². The van der Waals surface area contributed by atoms with Crippen molar-refractivity contribution in [2.45, 2.75) is 0 Å². The Balaban J connectivity index is 2.19. The Bertz CT molecular complexity index is 829. The first-order valence-corrected chi connectivity index (χ1v) is 7.54. The zero-order chi connectivity index (χ0) is 18.6.